The van der Waals surface area contributed by atoms with Crippen LogP contribution in [-0.4, -0.2) is 34.9 Å². The van der Waals surface area contributed by atoms with Gasteiger partial charge in [0.1, 0.15) is 0 Å². The van der Waals surface area contributed by atoms with E-state index in [9.17, 15) is 19.8 Å². The highest BCUT2D eigenvalue weighted by molar-refractivity contribution is 6.35. The van der Waals surface area contributed by atoms with E-state index < -0.39 is 11.9 Å². The molecule has 0 radical (unpaired) electrons. The molecule has 3 rings (SSSR count). The van der Waals surface area contributed by atoms with Gasteiger partial charge in [-0.2, -0.15) is 10.1 Å². The summed E-state index contributed by atoms with van der Waals surface area (Å²) < 4.78 is 5.06. The first-order valence-corrected chi connectivity index (χ1v) is 8.69. The van der Waals surface area contributed by atoms with Crippen LogP contribution in [0.3, 0.4) is 0 Å². The minimum absolute atomic E-state index is 0.0604. The number of halogens is 2. The highest BCUT2D eigenvalue weighted by atomic mass is 35.5. The van der Waals surface area contributed by atoms with Gasteiger partial charge in [-0.3, -0.25) is 4.79 Å². The van der Waals surface area contributed by atoms with Crippen LogP contribution in [0.5, 0.6) is 11.5 Å². The Labute approximate surface area is 170 Å². The molecule has 0 saturated carbocycles. The number of rotatable bonds is 4. The van der Waals surface area contributed by atoms with E-state index in [1.807, 2.05) is 0 Å². The van der Waals surface area contributed by atoms with Gasteiger partial charge in [-0.1, -0.05) is 23.2 Å². The molecule has 1 heterocycles. The summed E-state index contributed by atoms with van der Waals surface area (Å²) in [5, 5.41) is 24.5. The third-order valence-electron chi connectivity index (χ3n) is 4.07. The number of phenols is 1. The number of carboxylic acid groups (broad SMARTS) is 1. The molecule has 9 heteroatoms. The van der Waals surface area contributed by atoms with Crippen molar-refractivity contribution in [2.75, 3.05) is 12.1 Å². The first kappa shape index (κ1) is 19.7. The number of carbonyl (C=O) groups excluding carboxylic acids is 1. The Morgan fingerprint density at radius 1 is 1.21 bits per heavy atom. The van der Waals surface area contributed by atoms with Gasteiger partial charge in [-0.15, -0.1) is 0 Å². The monoisotopic (exact) mass is 420 g/mol. The van der Waals surface area contributed by atoms with Gasteiger partial charge in [0.2, 0.25) is 0 Å². The highest BCUT2D eigenvalue weighted by Crippen LogP contribution is 2.36. The number of hydrazone groups is 1. The maximum atomic E-state index is 12.8. The molecule has 2 aromatic carbocycles. The zero-order valence-corrected chi connectivity index (χ0v) is 16.2. The molecular formula is C19H14Cl2N2O5. The zero-order chi connectivity index (χ0) is 20.6. The van der Waals surface area contributed by atoms with Crippen LogP contribution in [0.1, 0.15) is 22.8 Å². The minimum Gasteiger partial charge on any atom is -0.503 e. The Balaban J connectivity index is 2.00. The second-order valence-electron chi connectivity index (χ2n) is 5.88. The fourth-order valence-corrected chi connectivity index (χ4v) is 3.09. The van der Waals surface area contributed by atoms with E-state index in [0.717, 1.165) is 5.01 Å². The number of nitrogens with zero attached hydrogens (tertiary/aromatic N) is 2. The van der Waals surface area contributed by atoms with Crippen molar-refractivity contribution >= 4 is 52.6 Å². The number of carboxylic acids is 1. The molecule has 1 aliphatic rings. The summed E-state index contributed by atoms with van der Waals surface area (Å²) in [5.74, 6) is -1.68. The first-order chi connectivity index (χ1) is 13.2. The van der Waals surface area contributed by atoms with E-state index in [1.54, 1.807) is 13.0 Å². The van der Waals surface area contributed by atoms with Crippen LogP contribution in [0.4, 0.5) is 5.69 Å². The molecule has 2 aromatic rings. The quantitative estimate of drug-likeness (QED) is 0.721. The maximum absolute atomic E-state index is 12.8. The average molecular weight is 421 g/mol. The number of phenolic OH excluding ortho intramolecular Hbond substituents is 1. The summed E-state index contributed by atoms with van der Waals surface area (Å²) in [6.45, 7) is 1.65. The minimum atomic E-state index is -1.21. The normalized spacial score (nSPS) is 15.1. The summed E-state index contributed by atoms with van der Waals surface area (Å²) in [7, 11) is 1.39. The third kappa shape index (κ3) is 3.54. The molecular weight excluding hydrogens is 407 g/mol. The molecule has 2 N–H and O–H groups in total. The van der Waals surface area contributed by atoms with Crippen molar-refractivity contribution < 1.29 is 24.5 Å². The standard InChI is InChI=1S/C19H14Cl2N2O5/c1-9-12(5-10-6-15(21)17(24)16(7-10)28-2)18(25)23(22-9)11-3-4-14(20)13(8-11)19(26)27/h3-8,24H,1-2H3,(H,26,27). The number of benzene rings is 2. The van der Waals surface area contributed by atoms with Crippen molar-refractivity contribution in [3.8, 4) is 11.5 Å². The molecule has 28 heavy (non-hydrogen) atoms. The summed E-state index contributed by atoms with van der Waals surface area (Å²) in [6, 6.07) is 7.20. The number of ether oxygens (including phenoxy) is 1. The second-order valence-corrected chi connectivity index (χ2v) is 6.70. The molecule has 1 aliphatic heterocycles. The highest BCUT2D eigenvalue weighted by Gasteiger charge is 2.29. The molecule has 1 amide bonds. The van der Waals surface area contributed by atoms with Gasteiger partial charge in [-0.05, 0) is 48.9 Å². The van der Waals surface area contributed by atoms with Gasteiger partial charge in [0.25, 0.3) is 5.91 Å². The van der Waals surface area contributed by atoms with E-state index in [1.165, 1.54) is 37.4 Å². The van der Waals surface area contributed by atoms with Crippen molar-refractivity contribution in [3.05, 3.63) is 57.1 Å². The molecule has 0 unspecified atom stereocenters. The molecule has 0 aliphatic carbocycles. The number of hydrogen-bond acceptors (Lipinski definition) is 5. The van der Waals surface area contributed by atoms with Gasteiger partial charge in [-0.25, -0.2) is 4.79 Å². The van der Waals surface area contributed by atoms with E-state index in [0.29, 0.717) is 11.3 Å². The number of methoxy groups -OCH3 is 1. The van der Waals surface area contributed by atoms with Crippen LogP contribution >= 0.6 is 23.2 Å². The molecule has 144 valence electrons. The first-order valence-electron chi connectivity index (χ1n) is 7.94. The lowest BCUT2D eigenvalue weighted by molar-refractivity contribution is -0.114. The fraction of sp³-hybridized carbons (Fsp3) is 0.105. The molecule has 7 nitrogen and oxygen atoms in total. The van der Waals surface area contributed by atoms with E-state index in [-0.39, 0.29) is 38.4 Å². The number of aromatic carboxylic acids is 1. The van der Waals surface area contributed by atoms with E-state index in [2.05, 4.69) is 5.10 Å². The SMILES string of the molecule is COc1cc(C=C2C(=O)N(c3ccc(Cl)c(C(=O)O)c3)N=C2C)cc(Cl)c1O. The molecule has 0 atom stereocenters. The Morgan fingerprint density at radius 2 is 1.93 bits per heavy atom. The second kappa shape index (κ2) is 7.53. The third-order valence-corrected chi connectivity index (χ3v) is 4.69. The smallest absolute Gasteiger partial charge is 0.337 e. The van der Waals surface area contributed by atoms with Crippen molar-refractivity contribution in [3.63, 3.8) is 0 Å². The predicted molar refractivity (Wildman–Crippen MR) is 107 cm³/mol. The Hall–Kier alpha value is -3.03. The van der Waals surface area contributed by atoms with Crippen LogP contribution < -0.4 is 9.75 Å². The number of aromatic hydroxyl groups is 1. The number of anilines is 1. The van der Waals surface area contributed by atoms with Gasteiger partial charge in [0, 0.05) is 0 Å². The van der Waals surface area contributed by atoms with Crippen LogP contribution in [0, 0.1) is 0 Å². The van der Waals surface area contributed by atoms with Crippen LogP contribution in [-0.2, 0) is 4.79 Å². The Morgan fingerprint density at radius 3 is 2.57 bits per heavy atom. The lowest BCUT2D eigenvalue weighted by atomic mass is 10.1. The van der Waals surface area contributed by atoms with Gasteiger partial charge >= 0.3 is 5.97 Å². The zero-order valence-electron chi connectivity index (χ0n) is 14.7. The van der Waals surface area contributed by atoms with Crippen LogP contribution in [0.2, 0.25) is 10.0 Å². The molecule has 0 bridgehead atoms. The number of hydrogen-bond donors (Lipinski definition) is 2. The molecule has 0 saturated heterocycles. The van der Waals surface area contributed by atoms with E-state index in [4.69, 9.17) is 27.9 Å². The summed E-state index contributed by atoms with van der Waals surface area (Å²) in [6.07, 6.45) is 1.56. The van der Waals surface area contributed by atoms with Crippen molar-refractivity contribution in [2.24, 2.45) is 5.10 Å². The fourth-order valence-electron chi connectivity index (χ4n) is 2.67. The van der Waals surface area contributed by atoms with Crippen LogP contribution in [0.15, 0.2) is 41.0 Å². The predicted octanol–water partition coefficient (Wildman–Crippen LogP) is 4.21. The molecule has 0 fully saturated rings. The molecule has 0 aromatic heterocycles. The topological polar surface area (TPSA) is 99.4 Å². The van der Waals surface area contributed by atoms with Crippen molar-refractivity contribution in [1.82, 2.24) is 0 Å². The van der Waals surface area contributed by atoms with Gasteiger partial charge < -0.3 is 14.9 Å². The van der Waals surface area contributed by atoms with Crippen LogP contribution in [0.25, 0.3) is 6.08 Å². The van der Waals surface area contributed by atoms with Gasteiger partial charge in [0.05, 0.1) is 39.7 Å². The Bertz CT molecular complexity index is 1060. The molecule has 0 spiro atoms. The number of carbonyl (C=O) groups is 2. The van der Waals surface area contributed by atoms with E-state index >= 15 is 0 Å². The number of amides is 1. The average Bonchev–Trinajstić information content (AvgIpc) is 2.92. The summed E-state index contributed by atoms with van der Waals surface area (Å²) in [5.41, 5.74) is 1.39. The largest absolute Gasteiger partial charge is 0.503 e. The lowest BCUT2D eigenvalue weighted by Crippen LogP contribution is -2.21. The Kier molecular flexibility index (Phi) is 5.31. The van der Waals surface area contributed by atoms with Crippen molar-refractivity contribution in [1.29, 1.82) is 0 Å². The maximum Gasteiger partial charge on any atom is 0.337 e. The summed E-state index contributed by atoms with van der Waals surface area (Å²) in [4.78, 5) is 24.1. The lowest BCUT2D eigenvalue weighted by Gasteiger charge is -2.13. The van der Waals surface area contributed by atoms with Gasteiger partial charge in [0.15, 0.2) is 11.5 Å². The summed E-state index contributed by atoms with van der Waals surface area (Å²) >= 11 is 11.9. The van der Waals surface area contributed by atoms with Crippen molar-refractivity contribution in [2.45, 2.75) is 6.92 Å².